The third-order valence-electron chi connectivity index (χ3n) is 5.07. The molecule has 2 aromatic carbocycles. The molecule has 3 N–H and O–H groups in total. The molecule has 0 spiro atoms. The smallest absolute Gasteiger partial charge is 0.237 e. The summed E-state index contributed by atoms with van der Waals surface area (Å²) in [5, 5.41) is 11.5. The molecule has 0 fully saturated rings. The van der Waals surface area contributed by atoms with Gasteiger partial charge in [-0.2, -0.15) is 0 Å². The summed E-state index contributed by atoms with van der Waals surface area (Å²) in [6.07, 6.45) is 0.199. The molecular formula is C22H27N3O2. The Morgan fingerprint density at radius 2 is 1.81 bits per heavy atom. The van der Waals surface area contributed by atoms with Crippen molar-refractivity contribution >= 4 is 16.8 Å². The first-order valence-electron chi connectivity index (χ1n) is 9.24. The van der Waals surface area contributed by atoms with Crippen LogP contribution in [0, 0.1) is 6.92 Å². The number of amides is 1. The number of aliphatic hydroxyl groups excluding tert-OH is 1. The Morgan fingerprint density at radius 1 is 1.15 bits per heavy atom. The van der Waals surface area contributed by atoms with Crippen molar-refractivity contribution in [3.8, 4) is 0 Å². The minimum atomic E-state index is -0.467. The summed E-state index contributed by atoms with van der Waals surface area (Å²) in [6, 6.07) is 17.8. The Balaban J connectivity index is 1.74. The maximum absolute atomic E-state index is 11.5. The van der Waals surface area contributed by atoms with Crippen LogP contribution in [0.5, 0.6) is 0 Å². The van der Waals surface area contributed by atoms with Gasteiger partial charge in [0.2, 0.25) is 5.91 Å². The van der Waals surface area contributed by atoms with Crippen LogP contribution < -0.4 is 5.73 Å². The lowest BCUT2D eigenvalue weighted by atomic mass is 10.1. The Labute approximate surface area is 160 Å². The monoisotopic (exact) mass is 365 g/mol. The van der Waals surface area contributed by atoms with E-state index in [9.17, 15) is 9.90 Å². The highest BCUT2D eigenvalue weighted by molar-refractivity contribution is 5.87. The third-order valence-corrected chi connectivity index (χ3v) is 5.07. The van der Waals surface area contributed by atoms with E-state index in [4.69, 9.17) is 5.73 Å². The molecule has 5 nitrogen and oxygen atoms in total. The van der Waals surface area contributed by atoms with E-state index in [-0.39, 0.29) is 12.5 Å². The molecule has 3 aromatic rings. The number of fused-ring (bicyclic) bond motifs is 1. The lowest BCUT2D eigenvalue weighted by Crippen LogP contribution is -2.22. The third kappa shape index (κ3) is 4.38. The highest BCUT2D eigenvalue weighted by atomic mass is 16.3. The lowest BCUT2D eigenvalue weighted by molar-refractivity contribution is -0.118. The number of carbonyl (C=O) groups is 1. The van der Waals surface area contributed by atoms with Gasteiger partial charge in [-0.05, 0) is 37.6 Å². The number of nitrogens with zero attached hydrogens (tertiary/aromatic N) is 2. The number of para-hydroxylation sites is 1. The number of aromatic nitrogens is 1. The van der Waals surface area contributed by atoms with Crippen LogP contribution in [0.3, 0.4) is 0 Å². The highest BCUT2D eigenvalue weighted by Crippen LogP contribution is 2.27. The van der Waals surface area contributed by atoms with Crippen LogP contribution in [0.4, 0.5) is 0 Å². The average Bonchev–Trinajstić information content (AvgIpc) is 2.92. The molecule has 1 atom stereocenters. The van der Waals surface area contributed by atoms with E-state index < -0.39 is 6.10 Å². The molecule has 0 unspecified atom stereocenters. The number of primary amides is 1. The summed E-state index contributed by atoms with van der Waals surface area (Å²) in [5.74, 6) is -0.343. The molecule has 5 heteroatoms. The van der Waals surface area contributed by atoms with Gasteiger partial charge in [0, 0.05) is 29.7 Å². The van der Waals surface area contributed by atoms with Crippen molar-refractivity contribution in [2.75, 3.05) is 13.6 Å². The molecule has 0 saturated heterocycles. The summed E-state index contributed by atoms with van der Waals surface area (Å²) in [4.78, 5) is 13.7. The van der Waals surface area contributed by atoms with Crippen LogP contribution in [0.15, 0.2) is 54.6 Å². The molecule has 0 aliphatic carbocycles. The van der Waals surface area contributed by atoms with Gasteiger partial charge < -0.3 is 20.3 Å². The van der Waals surface area contributed by atoms with Gasteiger partial charge in [-0.15, -0.1) is 0 Å². The van der Waals surface area contributed by atoms with Crippen LogP contribution in [0.25, 0.3) is 10.9 Å². The van der Waals surface area contributed by atoms with Gasteiger partial charge in [0.05, 0.1) is 6.10 Å². The Kier molecular flexibility index (Phi) is 5.94. The van der Waals surface area contributed by atoms with Gasteiger partial charge in [-0.3, -0.25) is 4.79 Å². The summed E-state index contributed by atoms with van der Waals surface area (Å²) in [6.45, 7) is 3.73. The first-order valence-corrected chi connectivity index (χ1v) is 9.24. The van der Waals surface area contributed by atoms with Gasteiger partial charge in [0.1, 0.15) is 6.54 Å². The van der Waals surface area contributed by atoms with E-state index >= 15 is 0 Å². The SMILES string of the molecule is Cc1c(CN(C)CC[C@@H](O)c2ccccc2)c2ccccc2n1CC(N)=O. The molecule has 0 aliphatic heterocycles. The van der Waals surface area contributed by atoms with Gasteiger partial charge in [0.15, 0.2) is 0 Å². The standard InChI is InChI=1S/C22H27N3O2/c1-16-19(18-10-6-7-11-20(18)25(16)15-22(23)27)14-24(2)13-12-21(26)17-8-4-3-5-9-17/h3-11,21,26H,12-15H2,1-2H3,(H2,23,27)/t21-/m1/s1. The van der Waals surface area contributed by atoms with Crippen LogP contribution >= 0.6 is 0 Å². The summed E-state index contributed by atoms with van der Waals surface area (Å²) >= 11 is 0. The van der Waals surface area contributed by atoms with Crippen molar-refractivity contribution in [3.63, 3.8) is 0 Å². The highest BCUT2D eigenvalue weighted by Gasteiger charge is 2.17. The molecule has 1 aromatic heterocycles. The summed E-state index contributed by atoms with van der Waals surface area (Å²) < 4.78 is 1.99. The lowest BCUT2D eigenvalue weighted by Gasteiger charge is -2.19. The zero-order valence-corrected chi connectivity index (χ0v) is 15.9. The molecular weight excluding hydrogens is 338 g/mol. The second-order valence-electron chi connectivity index (χ2n) is 7.09. The minimum absolute atomic E-state index is 0.183. The predicted octanol–water partition coefficient (Wildman–Crippen LogP) is 2.99. The fourth-order valence-electron chi connectivity index (χ4n) is 3.60. The Bertz CT molecular complexity index is 918. The van der Waals surface area contributed by atoms with Crippen molar-refractivity contribution in [2.45, 2.75) is 32.5 Å². The van der Waals surface area contributed by atoms with Crippen LogP contribution in [0.1, 0.15) is 29.3 Å². The molecule has 142 valence electrons. The summed E-state index contributed by atoms with van der Waals surface area (Å²) in [5.41, 5.74) is 9.67. The van der Waals surface area contributed by atoms with Crippen molar-refractivity contribution in [3.05, 3.63) is 71.4 Å². The molecule has 27 heavy (non-hydrogen) atoms. The molecule has 3 rings (SSSR count). The van der Waals surface area contributed by atoms with Crippen LogP contribution in [0.2, 0.25) is 0 Å². The van der Waals surface area contributed by atoms with E-state index in [1.54, 1.807) is 0 Å². The molecule has 0 radical (unpaired) electrons. The Hall–Kier alpha value is -2.63. The van der Waals surface area contributed by atoms with E-state index in [0.717, 1.165) is 35.2 Å². The van der Waals surface area contributed by atoms with Crippen LogP contribution in [-0.4, -0.2) is 34.1 Å². The number of rotatable bonds is 8. The van der Waals surface area contributed by atoms with E-state index in [2.05, 4.69) is 18.0 Å². The zero-order valence-electron chi connectivity index (χ0n) is 15.9. The van der Waals surface area contributed by atoms with Crippen molar-refractivity contribution in [1.82, 2.24) is 9.47 Å². The van der Waals surface area contributed by atoms with Crippen molar-refractivity contribution in [1.29, 1.82) is 0 Å². The first-order chi connectivity index (χ1) is 13.0. The average molecular weight is 365 g/mol. The second kappa shape index (κ2) is 8.37. The normalized spacial score (nSPS) is 12.6. The van der Waals surface area contributed by atoms with E-state index in [1.165, 1.54) is 5.56 Å². The number of carbonyl (C=O) groups excluding carboxylic acids is 1. The van der Waals surface area contributed by atoms with Gasteiger partial charge in [-0.1, -0.05) is 48.5 Å². The fraction of sp³-hybridized carbons (Fsp3) is 0.318. The quantitative estimate of drug-likeness (QED) is 0.645. The van der Waals surface area contributed by atoms with E-state index in [0.29, 0.717) is 6.42 Å². The first kappa shape index (κ1) is 19.1. The van der Waals surface area contributed by atoms with Gasteiger partial charge >= 0.3 is 0 Å². The van der Waals surface area contributed by atoms with Crippen LogP contribution in [-0.2, 0) is 17.9 Å². The number of hydrogen-bond donors (Lipinski definition) is 2. The maximum atomic E-state index is 11.5. The number of hydrogen-bond acceptors (Lipinski definition) is 3. The minimum Gasteiger partial charge on any atom is -0.388 e. The number of aliphatic hydroxyl groups is 1. The predicted molar refractivity (Wildman–Crippen MR) is 108 cm³/mol. The number of nitrogens with two attached hydrogens (primary N) is 1. The van der Waals surface area contributed by atoms with Crippen molar-refractivity contribution in [2.24, 2.45) is 5.73 Å². The second-order valence-corrected chi connectivity index (χ2v) is 7.09. The maximum Gasteiger partial charge on any atom is 0.237 e. The van der Waals surface area contributed by atoms with Gasteiger partial charge in [0.25, 0.3) is 0 Å². The fourth-order valence-corrected chi connectivity index (χ4v) is 3.60. The molecule has 0 saturated carbocycles. The molecule has 0 aliphatic rings. The topological polar surface area (TPSA) is 71.5 Å². The molecule has 1 heterocycles. The van der Waals surface area contributed by atoms with Crippen molar-refractivity contribution < 1.29 is 9.90 Å². The number of benzene rings is 2. The largest absolute Gasteiger partial charge is 0.388 e. The Morgan fingerprint density at radius 3 is 2.52 bits per heavy atom. The van der Waals surface area contributed by atoms with Gasteiger partial charge in [-0.25, -0.2) is 0 Å². The molecule has 1 amide bonds. The van der Waals surface area contributed by atoms with E-state index in [1.807, 2.05) is 60.0 Å². The summed E-state index contributed by atoms with van der Waals surface area (Å²) in [7, 11) is 2.05. The zero-order chi connectivity index (χ0) is 19.4. The molecule has 0 bridgehead atoms.